The Labute approximate surface area is 153 Å². The van der Waals surface area contributed by atoms with Crippen molar-refractivity contribution < 1.29 is 14.3 Å². The molecule has 0 saturated carbocycles. The lowest BCUT2D eigenvalue weighted by atomic mass is 9.89. The fraction of sp³-hybridized carbons (Fsp3) is 0.474. The van der Waals surface area contributed by atoms with Crippen LogP contribution in [0.4, 0.5) is 4.79 Å². The van der Waals surface area contributed by atoms with Gasteiger partial charge in [0, 0.05) is 30.8 Å². The maximum absolute atomic E-state index is 12.0. The zero-order valence-electron chi connectivity index (χ0n) is 15.1. The molecular weight excluding hydrogens is 332 g/mol. The Kier molecular flexibility index (Phi) is 6.25. The predicted octanol–water partition coefficient (Wildman–Crippen LogP) is 1.82. The predicted molar refractivity (Wildman–Crippen MR) is 100 cm³/mol. The molecule has 2 heterocycles. The summed E-state index contributed by atoms with van der Waals surface area (Å²) < 4.78 is 4.85. The van der Waals surface area contributed by atoms with Gasteiger partial charge in [0.1, 0.15) is 0 Å². The summed E-state index contributed by atoms with van der Waals surface area (Å²) in [7, 11) is 1.56. The number of methoxy groups -OCH3 is 1. The van der Waals surface area contributed by atoms with Crippen LogP contribution in [0.5, 0.6) is 0 Å². The molecule has 1 aliphatic heterocycles. The first-order valence-corrected chi connectivity index (χ1v) is 9.02. The van der Waals surface area contributed by atoms with Crippen molar-refractivity contribution in [3.8, 4) is 0 Å². The summed E-state index contributed by atoms with van der Waals surface area (Å²) in [5.74, 6) is 0.230. The molecular formula is C19H26N4O3. The summed E-state index contributed by atoms with van der Waals surface area (Å²) >= 11 is 0. The highest BCUT2D eigenvalue weighted by Gasteiger charge is 2.24. The number of carbonyl (C=O) groups is 2. The lowest BCUT2D eigenvalue weighted by Crippen LogP contribution is -2.46. The number of carbonyl (C=O) groups excluding carboxylic acids is 2. The molecule has 0 spiro atoms. The zero-order chi connectivity index (χ0) is 18.4. The molecule has 1 aromatic carbocycles. The van der Waals surface area contributed by atoms with E-state index in [1.165, 1.54) is 16.5 Å². The van der Waals surface area contributed by atoms with Gasteiger partial charge in [-0.15, -0.1) is 0 Å². The molecule has 3 rings (SSSR count). The quantitative estimate of drug-likeness (QED) is 0.688. The third-order valence-corrected chi connectivity index (χ3v) is 4.86. The van der Waals surface area contributed by atoms with E-state index in [4.69, 9.17) is 4.74 Å². The summed E-state index contributed by atoms with van der Waals surface area (Å²) in [5, 5.41) is 6.22. The highest BCUT2D eigenvalue weighted by molar-refractivity contribution is 5.95. The molecule has 0 aliphatic carbocycles. The monoisotopic (exact) mass is 358 g/mol. The van der Waals surface area contributed by atoms with E-state index in [9.17, 15) is 9.59 Å². The highest BCUT2D eigenvalue weighted by atomic mass is 16.5. The first kappa shape index (κ1) is 18.4. The highest BCUT2D eigenvalue weighted by Crippen LogP contribution is 2.32. The van der Waals surface area contributed by atoms with Gasteiger partial charge in [0.2, 0.25) is 5.91 Å². The first-order chi connectivity index (χ1) is 12.7. The number of amides is 3. The Bertz CT molecular complexity index is 750. The zero-order valence-corrected chi connectivity index (χ0v) is 15.1. The molecule has 2 aromatic rings. The van der Waals surface area contributed by atoms with E-state index in [1.54, 1.807) is 7.11 Å². The molecule has 1 aromatic heterocycles. The normalized spacial score (nSPS) is 15.9. The molecule has 7 heteroatoms. The van der Waals surface area contributed by atoms with Crippen molar-refractivity contribution in [3.05, 3.63) is 36.0 Å². The maximum Gasteiger partial charge on any atom is 0.321 e. The Morgan fingerprint density at radius 1 is 1.27 bits per heavy atom. The van der Waals surface area contributed by atoms with Gasteiger partial charge in [0.05, 0.1) is 13.2 Å². The minimum atomic E-state index is -0.472. The second kappa shape index (κ2) is 8.82. The third-order valence-electron chi connectivity index (χ3n) is 4.86. The van der Waals surface area contributed by atoms with E-state index < -0.39 is 6.03 Å². The molecule has 26 heavy (non-hydrogen) atoms. The van der Waals surface area contributed by atoms with E-state index >= 15 is 0 Å². The van der Waals surface area contributed by atoms with Gasteiger partial charge in [-0.1, -0.05) is 18.2 Å². The van der Waals surface area contributed by atoms with Gasteiger partial charge < -0.3 is 15.0 Å². The van der Waals surface area contributed by atoms with Crippen LogP contribution in [0.15, 0.2) is 30.5 Å². The number of fused-ring (bicyclic) bond motifs is 1. The molecule has 3 amide bonds. The van der Waals surface area contributed by atoms with Crippen LogP contribution in [0.1, 0.15) is 24.3 Å². The Morgan fingerprint density at radius 2 is 2.04 bits per heavy atom. The molecule has 1 aliphatic rings. The number of rotatable bonds is 6. The van der Waals surface area contributed by atoms with Crippen LogP contribution in [-0.4, -0.2) is 61.7 Å². The van der Waals surface area contributed by atoms with Crippen molar-refractivity contribution in [1.82, 2.24) is 20.5 Å². The average Bonchev–Trinajstić information content (AvgIpc) is 3.06. The third kappa shape index (κ3) is 4.62. The van der Waals surface area contributed by atoms with Crippen LogP contribution in [0.2, 0.25) is 0 Å². The molecule has 0 atom stereocenters. The van der Waals surface area contributed by atoms with E-state index in [-0.39, 0.29) is 12.5 Å². The number of nitrogens with one attached hydrogen (secondary N) is 3. The van der Waals surface area contributed by atoms with Gasteiger partial charge in [-0.3, -0.25) is 15.0 Å². The number of aromatic nitrogens is 1. The van der Waals surface area contributed by atoms with Crippen LogP contribution in [-0.2, 0) is 9.53 Å². The molecule has 0 radical (unpaired) electrons. The van der Waals surface area contributed by atoms with Gasteiger partial charge >= 0.3 is 6.03 Å². The van der Waals surface area contributed by atoms with E-state index in [0.29, 0.717) is 19.1 Å². The maximum atomic E-state index is 12.0. The number of urea groups is 1. The van der Waals surface area contributed by atoms with Gasteiger partial charge in [-0.2, -0.15) is 0 Å². The summed E-state index contributed by atoms with van der Waals surface area (Å²) in [6.07, 6.45) is 4.13. The first-order valence-electron chi connectivity index (χ1n) is 9.02. The smallest absolute Gasteiger partial charge is 0.321 e. The van der Waals surface area contributed by atoms with E-state index in [1.807, 2.05) is 6.07 Å². The van der Waals surface area contributed by atoms with Crippen LogP contribution < -0.4 is 10.6 Å². The number of aromatic amines is 1. The number of hydrogen-bond acceptors (Lipinski definition) is 4. The van der Waals surface area contributed by atoms with Crippen molar-refractivity contribution >= 4 is 22.8 Å². The minimum Gasteiger partial charge on any atom is -0.383 e. The summed E-state index contributed by atoms with van der Waals surface area (Å²) in [4.78, 5) is 29.0. The Morgan fingerprint density at radius 3 is 2.81 bits per heavy atom. The second-order valence-corrected chi connectivity index (χ2v) is 6.64. The molecule has 1 saturated heterocycles. The number of para-hydroxylation sites is 1. The fourth-order valence-electron chi connectivity index (χ4n) is 3.51. The minimum absolute atomic E-state index is 0.248. The molecule has 1 fully saturated rings. The van der Waals surface area contributed by atoms with Crippen molar-refractivity contribution in [3.63, 3.8) is 0 Å². The van der Waals surface area contributed by atoms with Crippen molar-refractivity contribution in [2.24, 2.45) is 0 Å². The lowest BCUT2D eigenvalue weighted by Gasteiger charge is -2.31. The van der Waals surface area contributed by atoms with E-state index in [2.05, 4.69) is 44.9 Å². The lowest BCUT2D eigenvalue weighted by molar-refractivity contribution is -0.121. The Balaban J connectivity index is 1.45. The second-order valence-electron chi connectivity index (χ2n) is 6.64. The Hall–Kier alpha value is -2.38. The number of hydrogen-bond donors (Lipinski definition) is 3. The number of imide groups is 1. The van der Waals surface area contributed by atoms with Gasteiger partial charge in [-0.25, -0.2) is 4.79 Å². The van der Waals surface area contributed by atoms with Gasteiger partial charge in [0.15, 0.2) is 0 Å². The van der Waals surface area contributed by atoms with Crippen LogP contribution >= 0.6 is 0 Å². The van der Waals surface area contributed by atoms with Crippen LogP contribution in [0.3, 0.4) is 0 Å². The van der Waals surface area contributed by atoms with Crippen molar-refractivity contribution in [2.75, 3.05) is 39.9 Å². The summed E-state index contributed by atoms with van der Waals surface area (Å²) in [6.45, 7) is 2.75. The number of benzene rings is 1. The summed E-state index contributed by atoms with van der Waals surface area (Å²) in [5.41, 5.74) is 2.53. The van der Waals surface area contributed by atoms with E-state index in [0.717, 1.165) is 25.9 Å². The molecule has 7 nitrogen and oxygen atoms in total. The van der Waals surface area contributed by atoms with Crippen LogP contribution in [0, 0.1) is 0 Å². The van der Waals surface area contributed by atoms with Crippen molar-refractivity contribution in [1.29, 1.82) is 0 Å². The molecule has 3 N–H and O–H groups in total. The SMILES string of the molecule is COCCNC(=O)NC(=O)CN1CCC(c2c[nH]c3ccccc23)CC1. The number of H-pyrrole nitrogens is 1. The topological polar surface area (TPSA) is 86.5 Å². The number of nitrogens with zero attached hydrogens (tertiary/aromatic N) is 1. The largest absolute Gasteiger partial charge is 0.383 e. The standard InChI is InChI=1S/C19H26N4O3/c1-26-11-8-20-19(25)22-18(24)13-23-9-6-14(7-10-23)16-12-21-17-5-3-2-4-15(16)17/h2-5,12,14,21H,6-11,13H2,1H3,(H2,20,22,24,25). The van der Waals surface area contributed by atoms with Gasteiger partial charge in [0.25, 0.3) is 0 Å². The molecule has 140 valence electrons. The number of ether oxygens (including phenoxy) is 1. The van der Waals surface area contributed by atoms with Crippen molar-refractivity contribution in [2.45, 2.75) is 18.8 Å². The fourth-order valence-corrected chi connectivity index (χ4v) is 3.51. The number of likely N-dealkylation sites (tertiary alicyclic amines) is 1. The average molecular weight is 358 g/mol. The molecule has 0 bridgehead atoms. The molecule has 0 unspecified atom stereocenters. The summed E-state index contributed by atoms with van der Waals surface area (Å²) in [6, 6.07) is 7.88. The van der Waals surface area contributed by atoms with Gasteiger partial charge in [-0.05, 0) is 43.5 Å². The van der Waals surface area contributed by atoms with Crippen LogP contribution in [0.25, 0.3) is 10.9 Å². The number of piperidine rings is 1.